The molecule has 0 unspecified atom stereocenters. The van der Waals surface area contributed by atoms with Crippen LogP contribution >= 0.6 is 0 Å². The van der Waals surface area contributed by atoms with Gasteiger partial charge in [0.1, 0.15) is 6.29 Å². The van der Waals surface area contributed by atoms with Gasteiger partial charge in [-0.15, -0.1) is 0 Å². The summed E-state index contributed by atoms with van der Waals surface area (Å²) >= 11 is 0. The molecule has 2 rings (SSSR count). The van der Waals surface area contributed by atoms with E-state index in [0.717, 1.165) is 23.0 Å². The first-order valence-electron chi connectivity index (χ1n) is 4.92. The molecule has 0 saturated carbocycles. The van der Waals surface area contributed by atoms with E-state index in [1.165, 1.54) is 5.56 Å². The Morgan fingerprint density at radius 1 is 1.00 bits per heavy atom. The van der Waals surface area contributed by atoms with Crippen LogP contribution in [0.1, 0.15) is 15.9 Å². The van der Waals surface area contributed by atoms with Gasteiger partial charge in [0.15, 0.2) is 0 Å². The van der Waals surface area contributed by atoms with Gasteiger partial charge in [0.25, 0.3) is 0 Å². The zero-order valence-corrected chi connectivity index (χ0v) is 8.60. The number of rotatable bonds is 2. The summed E-state index contributed by atoms with van der Waals surface area (Å²) in [6.45, 7) is 2.05. The number of aryl methyl sites for hydroxylation is 1. The van der Waals surface area contributed by atoms with Gasteiger partial charge in [-0.1, -0.05) is 42.5 Å². The van der Waals surface area contributed by atoms with Gasteiger partial charge >= 0.3 is 0 Å². The van der Waals surface area contributed by atoms with Crippen LogP contribution < -0.4 is 0 Å². The Labute approximate surface area is 89.4 Å². The number of hydrogen-bond donors (Lipinski definition) is 0. The quantitative estimate of drug-likeness (QED) is 0.672. The van der Waals surface area contributed by atoms with Gasteiger partial charge in [0, 0.05) is 5.56 Å². The van der Waals surface area contributed by atoms with Crippen molar-refractivity contribution in [3.63, 3.8) is 0 Å². The molecule has 1 heteroatoms. The summed E-state index contributed by atoms with van der Waals surface area (Å²) in [6.07, 6.45) is 0.881. The van der Waals surface area contributed by atoms with Crippen molar-refractivity contribution in [2.45, 2.75) is 6.92 Å². The summed E-state index contributed by atoms with van der Waals surface area (Å²) in [5.41, 5.74) is 4.19. The average Bonchev–Trinajstić information content (AvgIpc) is 2.31. The standard InChI is InChI=1S/C14H12O/c1-11-7-8-12(10-15)9-14(11)13-5-3-2-4-6-13/h2-10H,1H3. The van der Waals surface area contributed by atoms with Crippen LogP contribution in [0.2, 0.25) is 0 Å². The van der Waals surface area contributed by atoms with Crippen LogP contribution in [0.25, 0.3) is 11.1 Å². The fourth-order valence-corrected chi connectivity index (χ4v) is 1.64. The largest absolute Gasteiger partial charge is 0.298 e. The van der Waals surface area contributed by atoms with E-state index >= 15 is 0 Å². The molecule has 0 aliphatic rings. The summed E-state index contributed by atoms with van der Waals surface area (Å²) in [6, 6.07) is 15.8. The van der Waals surface area contributed by atoms with E-state index in [9.17, 15) is 4.79 Å². The van der Waals surface area contributed by atoms with E-state index in [4.69, 9.17) is 0 Å². The van der Waals surface area contributed by atoms with E-state index in [0.29, 0.717) is 0 Å². The molecule has 15 heavy (non-hydrogen) atoms. The number of carbonyl (C=O) groups is 1. The third-order valence-corrected chi connectivity index (χ3v) is 2.48. The van der Waals surface area contributed by atoms with Crippen LogP contribution in [0.3, 0.4) is 0 Å². The average molecular weight is 196 g/mol. The smallest absolute Gasteiger partial charge is 0.150 e. The highest BCUT2D eigenvalue weighted by Crippen LogP contribution is 2.23. The van der Waals surface area contributed by atoms with Crippen LogP contribution in [0, 0.1) is 6.92 Å². The SMILES string of the molecule is Cc1ccc(C=O)cc1-c1ccccc1. The van der Waals surface area contributed by atoms with Crippen molar-refractivity contribution in [1.82, 2.24) is 0 Å². The van der Waals surface area contributed by atoms with Gasteiger partial charge in [-0.3, -0.25) is 4.79 Å². The highest BCUT2D eigenvalue weighted by atomic mass is 16.1. The second kappa shape index (κ2) is 4.09. The van der Waals surface area contributed by atoms with Crippen LogP contribution in [-0.4, -0.2) is 6.29 Å². The summed E-state index contributed by atoms with van der Waals surface area (Å²) in [7, 11) is 0. The summed E-state index contributed by atoms with van der Waals surface area (Å²) in [4.78, 5) is 10.7. The van der Waals surface area contributed by atoms with Crippen molar-refractivity contribution in [1.29, 1.82) is 0 Å². The Balaban J connectivity index is 2.57. The van der Waals surface area contributed by atoms with Gasteiger partial charge in [-0.05, 0) is 29.7 Å². The van der Waals surface area contributed by atoms with Gasteiger partial charge in [-0.2, -0.15) is 0 Å². The van der Waals surface area contributed by atoms with Gasteiger partial charge < -0.3 is 0 Å². The summed E-state index contributed by atoms with van der Waals surface area (Å²) in [5.74, 6) is 0. The maximum atomic E-state index is 10.7. The molecule has 2 aromatic carbocycles. The minimum absolute atomic E-state index is 0.722. The molecule has 0 spiro atoms. The Morgan fingerprint density at radius 3 is 2.40 bits per heavy atom. The maximum absolute atomic E-state index is 10.7. The monoisotopic (exact) mass is 196 g/mol. The van der Waals surface area contributed by atoms with Gasteiger partial charge in [0.2, 0.25) is 0 Å². The van der Waals surface area contributed by atoms with E-state index in [-0.39, 0.29) is 0 Å². The molecule has 0 atom stereocenters. The fourth-order valence-electron chi connectivity index (χ4n) is 1.64. The lowest BCUT2D eigenvalue weighted by Crippen LogP contribution is -1.86. The van der Waals surface area contributed by atoms with Crippen molar-refractivity contribution < 1.29 is 4.79 Å². The minimum atomic E-state index is 0.722. The van der Waals surface area contributed by atoms with E-state index < -0.39 is 0 Å². The highest BCUT2D eigenvalue weighted by Gasteiger charge is 2.01. The molecule has 0 aromatic heterocycles. The normalized spacial score (nSPS) is 9.93. The molecule has 0 aliphatic carbocycles. The number of benzene rings is 2. The number of hydrogen-bond acceptors (Lipinski definition) is 1. The lowest BCUT2D eigenvalue weighted by Gasteiger charge is -2.06. The Morgan fingerprint density at radius 2 is 1.73 bits per heavy atom. The molecular weight excluding hydrogens is 184 g/mol. The first-order valence-corrected chi connectivity index (χ1v) is 4.92. The minimum Gasteiger partial charge on any atom is -0.298 e. The van der Waals surface area contributed by atoms with Crippen LogP contribution in [0.5, 0.6) is 0 Å². The van der Waals surface area contributed by atoms with Crippen LogP contribution in [-0.2, 0) is 0 Å². The molecule has 0 N–H and O–H groups in total. The van der Waals surface area contributed by atoms with Crippen molar-refractivity contribution in [2.24, 2.45) is 0 Å². The van der Waals surface area contributed by atoms with Crippen LogP contribution in [0.15, 0.2) is 48.5 Å². The highest BCUT2D eigenvalue weighted by molar-refractivity contribution is 5.80. The molecular formula is C14H12O. The van der Waals surface area contributed by atoms with Crippen molar-refractivity contribution in [3.8, 4) is 11.1 Å². The molecule has 2 aromatic rings. The lowest BCUT2D eigenvalue weighted by atomic mass is 9.99. The van der Waals surface area contributed by atoms with Gasteiger partial charge in [-0.25, -0.2) is 0 Å². The van der Waals surface area contributed by atoms with Gasteiger partial charge in [0.05, 0.1) is 0 Å². The molecule has 0 bridgehead atoms. The fraction of sp³-hybridized carbons (Fsp3) is 0.0714. The molecule has 0 heterocycles. The van der Waals surface area contributed by atoms with E-state index in [2.05, 4.69) is 19.1 Å². The van der Waals surface area contributed by atoms with E-state index in [1.54, 1.807) is 0 Å². The number of aldehydes is 1. The molecule has 0 amide bonds. The Bertz CT molecular complexity index is 472. The van der Waals surface area contributed by atoms with Crippen molar-refractivity contribution >= 4 is 6.29 Å². The molecule has 0 fully saturated rings. The number of carbonyl (C=O) groups excluding carboxylic acids is 1. The molecule has 74 valence electrons. The topological polar surface area (TPSA) is 17.1 Å². The second-order valence-electron chi connectivity index (χ2n) is 3.56. The zero-order valence-electron chi connectivity index (χ0n) is 8.60. The third kappa shape index (κ3) is 1.96. The molecule has 0 saturated heterocycles. The van der Waals surface area contributed by atoms with Crippen LogP contribution in [0.4, 0.5) is 0 Å². The first kappa shape index (κ1) is 9.66. The van der Waals surface area contributed by atoms with E-state index in [1.807, 2.05) is 36.4 Å². The molecule has 0 aliphatic heterocycles. The Kier molecular flexibility index (Phi) is 2.64. The van der Waals surface area contributed by atoms with Crippen molar-refractivity contribution in [2.75, 3.05) is 0 Å². The predicted octanol–water partition coefficient (Wildman–Crippen LogP) is 3.47. The zero-order chi connectivity index (χ0) is 10.7. The second-order valence-corrected chi connectivity index (χ2v) is 3.56. The van der Waals surface area contributed by atoms with Crippen molar-refractivity contribution in [3.05, 3.63) is 59.7 Å². The Hall–Kier alpha value is -1.89. The predicted molar refractivity (Wildman–Crippen MR) is 62.0 cm³/mol. The summed E-state index contributed by atoms with van der Waals surface area (Å²) < 4.78 is 0. The first-order chi connectivity index (χ1) is 7.31. The molecule has 1 nitrogen and oxygen atoms in total. The molecule has 0 radical (unpaired) electrons. The lowest BCUT2D eigenvalue weighted by molar-refractivity contribution is 0.112. The third-order valence-electron chi connectivity index (χ3n) is 2.48. The summed E-state index contributed by atoms with van der Waals surface area (Å²) in [5, 5.41) is 0. The maximum Gasteiger partial charge on any atom is 0.150 e.